The summed E-state index contributed by atoms with van der Waals surface area (Å²) in [5, 5.41) is 2.87. The number of carbonyl (C=O) groups is 1. The molecule has 1 amide bonds. The number of nitrogens with zero attached hydrogens (tertiary/aromatic N) is 1. The van der Waals surface area contributed by atoms with Gasteiger partial charge in [-0.1, -0.05) is 18.2 Å². The third-order valence-corrected chi connectivity index (χ3v) is 6.07. The zero-order chi connectivity index (χ0) is 21.9. The van der Waals surface area contributed by atoms with Crippen molar-refractivity contribution in [1.82, 2.24) is 5.32 Å². The first kappa shape index (κ1) is 21.8. The third-order valence-electron chi connectivity index (χ3n) is 4.83. The first-order valence-electron chi connectivity index (χ1n) is 9.54. The van der Waals surface area contributed by atoms with Gasteiger partial charge in [0.25, 0.3) is 0 Å². The highest BCUT2D eigenvalue weighted by Gasteiger charge is 2.31. The lowest BCUT2D eigenvalue weighted by molar-refractivity contribution is -0.122. The molecule has 1 aliphatic rings. The summed E-state index contributed by atoms with van der Waals surface area (Å²) >= 11 is 0. The molecule has 2 atom stereocenters. The van der Waals surface area contributed by atoms with E-state index in [4.69, 9.17) is 14.2 Å². The fourth-order valence-electron chi connectivity index (χ4n) is 3.41. The van der Waals surface area contributed by atoms with E-state index in [2.05, 4.69) is 5.32 Å². The van der Waals surface area contributed by atoms with Gasteiger partial charge in [-0.25, -0.2) is 8.42 Å². The van der Waals surface area contributed by atoms with Crippen LogP contribution in [0.3, 0.4) is 0 Å². The van der Waals surface area contributed by atoms with Crippen molar-refractivity contribution in [3.63, 3.8) is 0 Å². The average Bonchev–Trinajstić information content (AvgIpc) is 2.72. The molecule has 0 saturated carbocycles. The van der Waals surface area contributed by atoms with Crippen LogP contribution in [0.2, 0.25) is 0 Å². The van der Waals surface area contributed by atoms with E-state index in [0.29, 0.717) is 36.1 Å². The topological polar surface area (TPSA) is 94.2 Å². The summed E-state index contributed by atoms with van der Waals surface area (Å²) in [6.07, 6.45) is 1.07. The first-order chi connectivity index (χ1) is 14.2. The van der Waals surface area contributed by atoms with Crippen molar-refractivity contribution in [3.05, 3.63) is 48.0 Å². The van der Waals surface area contributed by atoms with Gasteiger partial charge in [0.2, 0.25) is 15.9 Å². The van der Waals surface area contributed by atoms with Crippen LogP contribution in [-0.2, 0) is 14.8 Å². The lowest BCUT2D eigenvalue weighted by Crippen LogP contribution is -2.48. The number of carbonyl (C=O) groups excluding carboxylic acids is 1. The molecule has 30 heavy (non-hydrogen) atoms. The molecule has 3 rings (SSSR count). The van der Waals surface area contributed by atoms with Crippen molar-refractivity contribution < 1.29 is 27.4 Å². The molecule has 8 nitrogen and oxygen atoms in total. The Labute approximate surface area is 176 Å². The van der Waals surface area contributed by atoms with Crippen LogP contribution in [0.25, 0.3) is 0 Å². The predicted molar refractivity (Wildman–Crippen MR) is 114 cm³/mol. The molecule has 1 heterocycles. The van der Waals surface area contributed by atoms with Gasteiger partial charge in [0, 0.05) is 11.6 Å². The van der Waals surface area contributed by atoms with Gasteiger partial charge in [-0.2, -0.15) is 0 Å². The van der Waals surface area contributed by atoms with Crippen LogP contribution >= 0.6 is 0 Å². The van der Waals surface area contributed by atoms with Gasteiger partial charge in [-0.05, 0) is 32.0 Å². The van der Waals surface area contributed by atoms with E-state index in [1.54, 1.807) is 38.3 Å². The van der Waals surface area contributed by atoms with Crippen molar-refractivity contribution in [2.24, 2.45) is 0 Å². The molecule has 2 unspecified atom stereocenters. The molecule has 0 aromatic heterocycles. The van der Waals surface area contributed by atoms with Gasteiger partial charge in [0.15, 0.2) is 11.5 Å². The van der Waals surface area contributed by atoms with Crippen molar-refractivity contribution in [2.45, 2.75) is 25.9 Å². The number of sulfonamides is 1. The number of amides is 1. The molecule has 0 saturated heterocycles. The van der Waals surface area contributed by atoms with Gasteiger partial charge < -0.3 is 19.5 Å². The van der Waals surface area contributed by atoms with Gasteiger partial charge in [-0.3, -0.25) is 9.10 Å². The van der Waals surface area contributed by atoms with E-state index < -0.39 is 22.0 Å². The minimum absolute atomic E-state index is 0.328. The molecule has 0 aliphatic carbocycles. The molecule has 1 N–H and O–H groups in total. The van der Waals surface area contributed by atoms with Crippen molar-refractivity contribution in [2.75, 3.05) is 30.9 Å². The Morgan fingerprint density at radius 2 is 1.77 bits per heavy atom. The van der Waals surface area contributed by atoms with Crippen LogP contribution in [0.4, 0.5) is 5.69 Å². The summed E-state index contributed by atoms with van der Waals surface area (Å²) in [7, 11) is -2.19. The summed E-state index contributed by atoms with van der Waals surface area (Å²) < 4.78 is 42.6. The second-order valence-electron chi connectivity index (χ2n) is 7.03. The zero-order valence-electron chi connectivity index (χ0n) is 17.4. The van der Waals surface area contributed by atoms with E-state index in [0.717, 1.165) is 16.1 Å². The highest BCUT2D eigenvalue weighted by atomic mass is 32.2. The molecule has 0 spiro atoms. The summed E-state index contributed by atoms with van der Waals surface area (Å²) in [6.45, 7) is 4.17. The number of rotatable bonds is 7. The summed E-state index contributed by atoms with van der Waals surface area (Å²) in [4.78, 5) is 13.0. The maximum Gasteiger partial charge on any atom is 0.244 e. The van der Waals surface area contributed by atoms with Crippen molar-refractivity contribution in [3.8, 4) is 17.2 Å². The van der Waals surface area contributed by atoms with Gasteiger partial charge >= 0.3 is 0 Å². The number of ether oxygens (including phenoxy) is 3. The van der Waals surface area contributed by atoms with Gasteiger partial charge in [-0.15, -0.1) is 0 Å². The minimum atomic E-state index is -3.75. The Kier molecular flexibility index (Phi) is 6.40. The highest BCUT2D eigenvalue weighted by molar-refractivity contribution is 7.92. The molecule has 9 heteroatoms. The maximum atomic E-state index is 13.0. The molecular weight excluding hydrogens is 408 g/mol. The molecule has 1 aliphatic heterocycles. The van der Waals surface area contributed by atoms with E-state index in [-0.39, 0.29) is 6.04 Å². The van der Waals surface area contributed by atoms with Crippen LogP contribution in [-0.4, -0.2) is 46.9 Å². The smallest absolute Gasteiger partial charge is 0.244 e. The highest BCUT2D eigenvalue weighted by Crippen LogP contribution is 2.35. The Bertz CT molecular complexity index is 1020. The van der Waals surface area contributed by atoms with Crippen LogP contribution < -0.4 is 23.8 Å². The minimum Gasteiger partial charge on any atom is -0.496 e. The monoisotopic (exact) mass is 434 g/mol. The zero-order valence-corrected chi connectivity index (χ0v) is 18.2. The number of fused-ring (bicyclic) bond motifs is 1. The van der Waals surface area contributed by atoms with Crippen molar-refractivity contribution >= 4 is 21.6 Å². The fourth-order valence-corrected chi connectivity index (χ4v) is 4.58. The average molecular weight is 435 g/mol. The number of benzene rings is 2. The van der Waals surface area contributed by atoms with Crippen LogP contribution in [0.5, 0.6) is 17.2 Å². The molecule has 0 radical (unpaired) electrons. The molecule has 0 fully saturated rings. The Morgan fingerprint density at radius 3 is 2.43 bits per heavy atom. The Morgan fingerprint density at radius 1 is 1.10 bits per heavy atom. The second-order valence-corrected chi connectivity index (χ2v) is 8.89. The largest absolute Gasteiger partial charge is 0.496 e. The number of hydrogen-bond acceptors (Lipinski definition) is 6. The molecular formula is C21H26N2O6S. The summed E-state index contributed by atoms with van der Waals surface area (Å²) in [6, 6.07) is 10.8. The maximum absolute atomic E-state index is 13.0. The molecule has 162 valence electrons. The van der Waals surface area contributed by atoms with Gasteiger partial charge in [0.1, 0.15) is 25.0 Å². The standard InChI is InChI=1S/C21H26N2O6S/c1-14(17-7-5-6-8-18(17)27-3)22-21(24)15(2)23(30(4,25)26)16-9-10-19-20(13-16)29-12-11-28-19/h5-10,13-15H,11-12H2,1-4H3,(H,22,24). The Hall–Kier alpha value is -2.94. The van der Waals surface area contributed by atoms with Crippen LogP contribution in [0.15, 0.2) is 42.5 Å². The summed E-state index contributed by atoms with van der Waals surface area (Å²) in [5.41, 5.74) is 1.13. The number of para-hydroxylation sites is 1. The number of nitrogens with one attached hydrogen (secondary N) is 1. The third kappa shape index (κ3) is 4.62. The normalized spacial score (nSPS) is 15.1. The number of hydrogen-bond donors (Lipinski definition) is 1. The quantitative estimate of drug-likeness (QED) is 0.720. The first-order valence-corrected chi connectivity index (χ1v) is 11.4. The predicted octanol–water partition coefficient (Wildman–Crippen LogP) is 2.50. The second kappa shape index (κ2) is 8.83. The Balaban J connectivity index is 1.85. The lowest BCUT2D eigenvalue weighted by atomic mass is 10.1. The lowest BCUT2D eigenvalue weighted by Gasteiger charge is -2.30. The van der Waals surface area contributed by atoms with E-state index >= 15 is 0 Å². The molecule has 2 aromatic carbocycles. The number of methoxy groups -OCH3 is 1. The SMILES string of the molecule is COc1ccccc1C(C)NC(=O)C(C)N(c1ccc2c(c1)OCCO2)S(C)(=O)=O. The van der Waals surface area contributed by atoms with Crippen LogP contribution in [0, 0.1) is 0 Å². The molecule has 0 bridgehead atoms. The van der Waals surface area contributed by atoms with Crippen molar-refractivity contribution in [1.29, 1.82) is 0 Å². The fraction of sp³-hybridized carbons (Fsp3) is 0.381. The van der Waals surface area contributed by atoms with E-state index in [1.807, 2.05) is 25.1 Å². The van der Waals surface area contributed by atoms with Gasteiger partial charge in [0.05, 0.1) is 25.1 Å². The van der Waals surface area contributed by atoms with E-state index in [1.165, 1.54) is 0 Å². The number of anilines is 1. The van der Waals surface area contributed by atoms with Crippen LogP contribution in [0.1, 0.15) is 25.5 Å². The molecule has 2 aromatic rings. The van der Waals surface area contributed by atoms with E-state index in [9.17, 15) is 13.2 Å². The summed E-state index contributed by atoms with van der Waals surface area (Å²) in [5.74, 6) is 1.20.